The van der Waals surface area contributed by atoms with Crippen LogP contribution in [0.15, 0.2) is 54.6 Å². The van der Waals surface area contributed by atoms with E-state index < -0.39 is 0 Å². The number of unbranched alkanes of at least 4 members (excludes halogenated alkanes) is 2. The van der Waals surface area contributed by atoms with Gasteiger partial charge in [0.25, 0.3) is 0 Å². The average Bonchev–Trinajstić information content (AvgIpc) is 2.65. The van der Waals surface area contributed by atoms with Gasteiger partial charge in [-0.1, -0.05) is 62.2 Å². The number of hydrogen-bond donors (Lipinski definition) is 0. The van der Waals surface area contributed by atoms with E-state index in [0.29, 0.717) is 5.92 Å². The first-order valence-corrected chi connectivity index (χ1v) is 9.42. The topological polar surface area (TPSA) is 12.5 Å². The lowest BCUT2D eigenvalue weighted by molar-refractivity contribution is -0.0756. The van der Waals surface area contributed by atoms with Gasteiger partial charge in [0.2, 0.25) is 0 Å². The summed E-state index contributed by atoms with van der Waals surface area (Å²) < 4.78 is 0. The molecule has 0 saturated carbocycles. The van der Waals surface area contributed by atoms with Crippen molar-refractivity contribution in [1.82, 2.24) is 5.06 Å². The minimum Gasteiger partial charge on any atom is -0.406 e. The molecule has 0 aliphatic carbocycles. The summed E-state index contributed by atoms with van der Waals surface area (Å²) in [6.45, 7) is 4.24. The van der Waals surface area contributed by atoms with Crippen LogP contribution in [0, 0.1) is 0 Å². The molecule has 0 N–H and O–H groups in total. The van der Waals surface area contributed by atoms with Crippen molar-refractivity contribution >= 4 is 0 Å². The number of rotatable bonds is 7. The van der Waals surface area contributed by atoms with Crippen molar-refractivity contribution in [3.8, 4) is 5.75 Å². The van der Waals surface area contributed by atoms with Gasteiger partial charge in [0.05, 0.1) is 0 Å². The summed E-state index contributed by atoms with van der Waals surface area (Å²) in [4.78, 5) is 6.05. The first kappa shape index (κ1) is 17.0. The highest BCUT2D eigenvalue weighted by atomic mass is 16.7. The van der Waals surface area contributed by atoms with Crippen molar-refractivity contribution in [3.63, 3.8) is 0 Å². The number of hydrogen-bond acceptors (Lipinski definition) is 2. The number of benzene rings is 2. The fraction of sp³-hybridized carbons (Fsp3) is 0.455. The number of hydroxylamine groups is 2. The van der Waals surface area contributed by atoms with Crippen molar-refractivity contribution in [1.29, 1.82) is 0 Å². The molecule has 1 fully saturated rings. The van der Waals surface area contributed by atoms with Crippen LogP contribution in [-0.2, 0) is 6.42 Å². The minimum absolute atomic E-state index is 0.673. The third-order valence-electron chi connectivity index (χ3n) is 4.95. The van der Waals surface area contributed by atoms with E-state index in [2.05, 4.69) is 66.6 Å². The van der Waals surface area contributed by atoms with Crippen LogP contribution in [0.5, 0.6) is 5.75 Å². The maximum atomic E-state index is 6.05. The molecule has 0 radical (unpaired) electrons. The third-order valence-corrected chi connectivity index (χ3v) is 4.95. The lowest BCUT2D eigenvalue weighted by atomic mass is 9.90. The molecule has 0 bridgehead atoms. The van der Waals surface area contributed by atoms with Crippen LogP contribution in [0.3, 0.4) is 0 Å². The Bertz CT molecular complexity index is 585. The van der Waals surface area contributed by atoms with E-state index >= 15 is 0 Å². The summed E-state index contributed by atoms with van der Waals surface area (Å²) >= 11 is 0. The molecular formula is C22H29NO. The Balaban J connectivity index is 1.46. The quantitative estimate of drug-likeness (QED) is 0.616. The summed E-state index contributed by atoms with van der Waals surface area (Å²) in [6, 6.07) is 19.5. The molecule has 1 aliphatic heterocycles. The number of nitrogens with zero attached hydrogens (tertiary/aromatic N) is 1. The van der Waals surface area contributed by atoms with Crippen LogP contribution in [-0.4, -0.2) is 18.2 Å². The Hall–Kier alpha value is -1.80. The number of aryl methyl sites for hydroxylation is 1. The van der Waals surface area contributed by atoms with Gasteiger partial charge in [-0.2, -0.15) is 0 Å². The molecule has 1 aliphatic rings. The summed E-state index contributed by atoms with van der Waals surface area (Å²) in [5, 5.41) is 2.12. The Kier molecular flexibility index (Phi) is 6.31. The zero-order valence-corrected chi connectivity index (χ0v) is 14.8. The molecule has 0 atom stereocenters. The predicted octanol–water partition coefficient (Wildman–Crippen LogP) is 5.59. The molecule has 2 aromatic rings. The zero-order valence-electron chi connectivity index (χ0n) is 14.8. The van der Waals surface area contributed by atoms with Crippen molar-refractivity contribution in [2.45, 2.75) is 51.4 Å². The highest BCUT2D eigenvalue weighted by molar-refractivity contribution is 5.27. The van der Waals surface area contributed by atoms with E-state index in [0.717, 1.165) is 18.8 Å². The van der Waals surface area contributed by atoms with Gasteiger partial charge in [-0.15, -0.1) is 5.06 Å². The van der Waals surface area contributed by atoms with Gasteiger partial charge >= 0.3 is 0 Å². The SMILES string of the molecule is CCCCCc1ccc(ON2CCC(c3ccccc3)CC2)cc1. The van der Waals surface area contributed by atoms with E-state index in [4.69, 9.17) is 4.84 Å². The standard InChI is InChI=1S/C22H29NO/c1-2-3-5-8-19-11-13-22(14-12-19)24-23-17-15-21(16-18-23)20-9-6-4-7-10-20/h4,6-7,9-14,21H,2-3,5,8,15-18H2,1H3. The minimum atomic E-state index is 0.673. The van der Waals surface area contributed by atoms with Gasteiger partial charge in [0.1, 0.15) is 5.75 Å². The highest BCUT2D eigenvalue weighted by Crippen LogP contribution is 2.28. The van der Waals surface area contributed by atoms with Crippen molar-refractivity contribution in [2.75, 3.05) is 13.1 Å². The fourth-order valence-corrected chi connectivity index (χ4v) is 3.45. The van der Waals surface area contributed by atoms with E-state index in [9.17, 15) is 0 Å². The van der Waals surface area contributed by atoms with Crippen molar-refractivity contribution < 1.29 is 4.84 Å². The second-order valence-electron chi connectivity index (χ2n) is 6.81. The summed E-state index contributed by atoms with van der Waals surface area (Å²) in [7, 11) is 0. The lowest BCUT2D eigenvalue weighted by Crippen LogP contribution is -2.35. The second kappa shape index (κ2) is 8.89. The van der Waals surface area contributed by atoms with E-state index in [-0.39, 0.29) is 0 Å². The van der Waals surface area contributed by atoms with Crippen molar-refractivity contribution in [2.24, 2.45) is 0 Å². The normalized spacial score (nSPS) is 16.2. The van der Waals surface area contributed by atoms with Crippen LogP contribution in [0.25, 0.3) is 0 Å². The predicted molar refractivity (Wildman–Crippen MR) is 100 cm³/mol. The molecule has 0 aromatic heterocycles. The molecule has 0 spiro atoms. The first-order valence-electron chi connectivity index (χ1n) is 9.42. The fourth-order valence-electron chi connectivity index (χ4n) is 3.45. The van der Waals surface area contributed by atoms with Gasteiger partial charge in [-0.25, -0.2) is 0 Å². The van der Waals surface area contributed by atoms with Gasteiger partial charge < -0.3 is 4.84 Å². The van der Waals surface area contributed by atoms with Gasteiger partial charge in [0, 0.05) is 13.1 Å². The van der Waals surface area contributed by atoms with Crippen LogP contribution < -0.4 is 4.84 Å². The largest absolute Gasteiger partial charge is 0.406 e. The molecule has 2 aromatic carbocycles. The molecule has 2 nitrogen and oxygen atoms in total. The molecule has 0 amide bonds. The zero-order chi connectivity index (χ0) is 16.6. The summed E-state index contributed by atoms with van der Waals surface area (Å²) in [6.07, 6.45) is 7.38. The molecular weight excluding hydrogens is 294 g/mol. The van der Waals surface area contributed by atoms with Crippen molar-refractivity contribution in [3.05, 3.63) is 65.7 Å². The third kappa shape index (κ3) is 4.85. The summed E-state index contributed by atoms with van der Waals surface area (Å²) in [5.74, 6) is 1.64. The Labute approximate surface area is 146 Å². The second-order valence-corrected chi connectivity index (χ2v) is 6.81. The van der Waals surface area contributed by atoms with E-state index in [1.54, 1.807) is 0 Å². The van der Waals surface area contributed by atoms with Crippen LogP contribution >= 0.6 is 0 Å². The smallest absolute Gasteiger partial charge is 0.147 e. The van der Waals surface area contributed by atoms with Crippen LogP contribution in [0.2, 0.25) is 0 Å². The molecule has 0 unspecified atom stereocenters. The first-order chi connectivity index (χ1) is 11.8. The summed E-state index contributed by atoms with van der Waals surface area (Å²) in [5.41, 5.74) is 2.88. The Morgan fingerprint density at radius 3 is 2.29 bits per heavy atom. The molecule has 2 heteroatoms. The van der Waals surface area contributed by atoms with Gasteiger partial charge in [-0.3, -0.25) is 0 Å². The molecule has 3 rings (SSSR count). The molecule has 128 valence electrons. The average molecular weight is 323 g/mol. The van der Waals surface area contributed by atoms with E-state index in [1.165, 1.54) is 49.7 Å². The van der Waals surface area contributed by atoms with E-state index in [1.807, 2.05) is 0 Å². The maximum Gasteiger partial charge on any atom is 0.147 e. The molecule has 1 saturated heterocycles. The molecule has 1 heterocycles. The Morgan fingerprint density at radius 1 is 0.917 bits per heavy atom. The number of piperidine rings is 1. The van der Waals surface area contributed by atoms with Gasteiger partial charge in [0.15, 0.2) is 0 Å². The van der Waals surface area contributed by atoms with Crippen LogP contribution in [0.1, 0.15) is 56.1 Å². The maximum absolute atomic E-state index is 6.05. The molecule has 24 heavy (non-hydrogen) atoms. The van der Waals surface area contributed by atoms with Gasteiger partial charge in [-0.05, 0) is 54.9 Å². The Morgan fingerprint density at radius 2 is 1.62 bits per heavy atom. The van der Waals surface area contributed by atoms with Crippen LogP contribution in [0.4, 0.5) is 0 Å². The monoisotopic (exact) mass is 323 g/mol. The lowest BCUT2D eigenvalue weighted by Gasteiger charge is -2.31. The highest BCUT2D eigenvalue weighted by Gasteiger charge is 2.21.